The van der Waals surface area contributed by atoms with E-state index in [1.54, 1.807) is 6.07 Å². The third-order valence-corrected chi connectivity index (χ3v) is 4.67. The average molecular weight is 329 g/mol. The number of carbonyl (C=O) groups is 1. The van der Waals surface area contributed by atoms with Crippen LogP contribution >= 0.6 is 11.6 Å². The van der Waals surface area contributed by atoms with Crippen molar-refractivity contribution < 1.29 is 4.79 Å². The molecule has 0 aliphatic heterocycles. The molecule has 0 radical (unpaired) electrons. The number of benzene rings is 2. The van der Waals surface area contributed by atoms with Crippen molar-refractivity contribution in [2.75, 3.05) is 5.32 Å². The van der Waals surface area contributed by atoms with Gasteiger partial charge >= 0.3 is 0 Å². The summed E-state index contributed by atoms with van der Waals surface area (Å²) in [6, 6.07) is 13.9. The number of nitrogens with one attached hydrogen (secondary N) is 2. The normalized spacial score (nSPS) is 17.6. The highest BCUT2D eigenvalue weighted by molar-refractivity contribution is 6.31. The molecule has 120 valence electrons. The molecule has 4 heteroatoms. The number of fused-ring (bicyclic) bond motifs is 1. The number of anilines is 1. The second kappa shape index (κ2) is 6.73. The first kappa shape index (κ1) is 16.0. The quantitative estimate of drug-likeness (QED) is 0.880. The molecule has 0 saturated carbocycles. The summed E-state index contributed by atoms with van der Waals surface area (Å²) in [6.45, 7) is 3.85. The SMILES string of the molecule is Cc1ccc(Cl)cc1NC(=O)[C@H](C)N[C@H]1CCc2ccccc21. The Morgan fingerprint density at radius 1 is 1.26 bits per heavy atom. The van der Waals surface area contributed by atoms with Gasteiger partial charge in [0.1, 0.15) is 0 Å². The molecule has 2 aromatic rings. The van der Waals surface area contributed by atoms with Crippen molar-refractivity contribution in [3.8, 4) is 0 Å². The Bertz CT molecular complexity index is 729. The van der Waals surface area contributed by atoms with E-state index in [1.165, 1.54) is 11.1 Å². The van der Waals surface area contributed by atoms with Crippen molar-refractivity contribution in [2.45, 2.75) is 38.8 Å². The largest absolute Gasteiger partial charge is 0.324 e. The van der Waals surface area contributed by atoms with E-state index in [9.17, 15) is 4.79 Å². The molecule has 1 aliphatic rings. The molecule has 1 amide bonds. The minimum absolute atomic E-state index is 0.0419. The van der Waals surface area contributed by atoms with Gasteiger partial charge < -0.3 is 5.32 Å². The first-order valence-electron chi connectivity index (χ1n) is 7.95. The van der Waals surface area contributed by atoms with E-state index in [4.69, 9.17) is 11.6 Å². The number of amides is 1. The molecule has 0 fully saturated rings. The van der Waals surface area contributed by atoms with Gasteiger partial charge in [-0.3, -0.25) is 10.1 Å². The van der Waals surface area contributed by atoms with E-state index < -0.39 is 0 Å². The Morgan fingerprint density at radius 2 is 2.04 bits per heavy atom. The summed E-state index contributed by atoms with van der Waals surface area (Å²) in [6.07, 6.45) is 2.10. The molecule has 0 saturated heterocycles. The van der Waals surface area contributed by atoms with Gasteiger partial charge in [-0.2, -0.15) is 0 Å². The maximum atomic E-state index is 12.5. The summed E-state index contributed by atoms with van der Waals surface area (Å²) in [4.78, 5) is 12.5. The highest BCUT2D eigenvalue weighted by atomic mass is 35.5. The van der Waals surface area contributed by atoms with E-state index in [-0.39, 0.29) is 18.0 Å². The van der Waals surface area contributed by atoms with Crippen LogP contribution < -0.4 is 10.6 Å². The molecule has 0 spiro atoms. The molecule has 2 N–H and O–H groups in total. The standard InChI is InChI=1S/C19H21ClN2O/c1-12-7-9-15(20)11-18(12)22-19(23)13(2)21-17-10-8-14-5-3-4-6-16(14)17/h3-7,9,11,13,17,21H,8,10H2,1-2H3,(H,22,23)/t13-,17-/m0/s1. The smallest absolute Gasteiger partial charge is 0.241 e. The summed E-state index contributed by atoms with van der Waals surface area (Å²) in [5, 5.41) is 7.03. The molecule has 23 heavy (non-hydrogen) atoms. The van der Waals surface area contributed by atoms with Crippen LogP contribution in [-0.2, 0) is 11.2 Å². The van der Waals surface area contributed by atoms with Crippen LogP contribution in [0.2, 0.25) is 5.02 Å². The maximum Gasteiger partial charge on any atom is 0.241 e. The van der Waals surface area contributed by atoms with Crippen molar-refractivity contribution in [1.82, 2.24) is 5.32 Å². The fourth-order valence-corrected chi connectivity index (χ4v) is 3.25. The van der Waals surface area contributed by atoms with Crippen LogP contribution in [0.15, 0.2) is 42.5 Å². The van der Waals surface area contributed by atoms with Gasteiger partial charge in [-0.15, -0.1) is 0 Å². The van der Waals surface area contributed by atoms with Gasteiger partial charge in [0.25, 0.3) is 0 Å². The van der Waals surface area contributed by atoms with Crippen molar-refractivity contribution in [1.29, 1.82) is 0 Å². The second-order valence-corrected chi connectivity index (χ2v) is 6.56. The first-order valence-corrected chi connectivity index (χ1v) is 8.33. The molecule has 0 bridgehead atoms. The molecule has 1 aliphatic carbocycles. The number of hydrogen-bond donors (Lipinski definition) is 2. The van der Waals surface area contributed by atoms with Crippen LogP contribution in [-0.4, -0.2) is 11.9 Å². The molecule has 0 aromatic heterocycles. The van der Waals surface area contributed by atoms with Gasteiger partial charge in [0.2, 0.25) is 5.91 Å². The van der Waals surface area contributed by atoms with Gasteiger partial charge in [-0.05, 0) is 55.5 Å². The summed E-state index contributed by atoms with van der Waals surface area (Å²) in [5.74, 6) is -0.0419. The third kappa shape index (κ3) is 3.57. The average Bonchev–Trinajstić information content (AvgIpc) is 2.94. The molecule has 0 heterocycles. The lowest BCUT2D eigenvalue weighted by atomic mass is 10.1. The summed E-state index contributed by atoms with van der Waals surface area (Å²) in [7, 11) is 0. The van der Waals surface area contributed by atoms with Crippen LogP contribution in [0.5, 0.6) is 0 Å². The van der Waals surface area contributed by atoms with E-state index in [2.05, 4.69) is 34.9 Å². The van der Waals surface area contributed by atoms with E-state index in [1.807, 2.05) is 26.0 Å². The monoisotopic (exact) mass is 328 g/mol. The highest BCUT2D eigenvalue weighted by Gasteiger charge is 2.25. The molecule has 3 nitrogen and oxygen atoms in total. The topological polar surface area (TPSA) is 41.1 Å². The molecule has 3 rings (SSSR count). The molecule has 2 atom stereocenters. The van der Waals surface area contributed by atoms with E-state index in [0.29, 0.717) is 5.02 Å². The van der Waals surface area contributed by atoms with Crippen molar-refractivity contribution in [3.63, 3.8) is 0 Å². The van der Waals surface area contributed by atoms with Crippen LogP contribution in [0, 0.1) is 6.92 Å². The van der Waals surface area contributed by atoms with Crippen molar-refractivity contribution in [3.05, 3.63) is 64.2 Å². The molecule has 0 unspecified atom stereocenters. The number of aryl methyl sites for hydroxylation is 2. The minimum Gasteiger partial charge on any atom is -0.324 e. The predicted molar refractivity (Wildman–Crippen MR) is 94.9 cm³/mol. The zero-order valence-corrected chi connectivity index (χ0v) is 14.2. The third-order valence-electron chi connectivity index (χ3n) is 4.43. The number of halogens is 1. The van der Waals surface area contributed by atoms with Crippen LogP contribution in [0.1, 0.15) is 36.1 Å². The van der Waals surface area contributed by atoms with Crippen LogP contribution in [0.3, 0.4) is 0 Å². The second-order valence-electron chi connectivity index (χ2n) is 6.13. The highest BCUT2D eigenvalue weighted by Crippen LogP contribution is 2.31. The first-order chi connectivity index (χ1) is 11.0. The zero-order chi connectivity index (χ0) is 16.4. The summed E-state index contributed by atoms with van der Waals surface area (Å²) >= 11 is 6.01. The Kier molecular flexibility index (Phi) is 4.69. The Balaban J connectivity index is 1.66. The van der Waals surface area contributed by atoms with Crippen molar-refractivity contribution in [2.24, 2.45) is 0 Å². The summed E-state index contributed by atoms with van der Waals surface area (Å²) in [5.41, 5.74) is 4.46. The van der Waals surface area contributed by atoms with Gasteiger partial charge in [-0.1, -0.05) is 41.9 Å². The van der Waals surface area contributed by atoms with Gasteiger partial charge in [0.05, 0.1) is 6.04 Å². The Labute approximate surface area is 142 Å². The predicted octanol–water partition coefficient (Wildman–Crippen LogP) is 4.25. The van der Waals surface area contributed by atoms with Gasteiger partial charge in [0, 0.05) is 16.8 Å². The fourth-order valence-electron chi connectivity index (χ4n) is 3.08. The van der Waals surface area contributed by atoms with Gasteiger partial charge in [-0.25, -0.2) is 0 Å². The minimum atomic E-state index is -0.274. The maximum absolute atomic E-state index is 12.5. The van der Waals surface area contributed by atoms with E-state index >= 15 is 0 Å². The zero-order valence-electron chi connectivity index (χ0n) is 13.4. The fraction of sp³-hybridized carbons (Fsp3) is 0.316. The lowest BCUT2D eigenvalue weighted by Gasteiger charge is -2.20. The van der Waals surface area contributed by atoms with Crippen LogP contribution in [0.25, 0.3) is 0 Å². The van der Waals surface area contributed by atoms with Crippen molar-refractivity contribution >= 4 is 23.2 Å². The summed E-state index contributed by atoms with van der Waals surface area (Å²) < 4.78 is 0. The Morgan fingerprint density at radius 3 is 2.87 bits per heavy atom. The van der Waals surface area contributed by atoms with E-state index in [0.717, 1.165) is 24.1 Å². The molecular formula is C19H21ClN2O. The Hall–Kier alpha value is -1.84. The van der Waals surface area contributed by atoms with Crippen LogP contribution in [0.4, 0.5) is 5.69 Å². The molecule has 2 aromatic carbocycles. The number of hydrogen-bond acceptors (Lipinski definition) is 2. The lowest BCUT2D eigenvalue weighted by Crippen LogP contribution is -2.39. The van der Waals surface area contributed by atoms with Gasteiger partial charge in [0.15, 0.2) is 0 Å². The number of rotatable bonds is 4. The number of carbonyl (C=O) groups excluding carboxylic acids is 1. The lowest BCUT2D eigenvalue weighted by molar-refractivity contribution is -0.118. The molecular weight excluding hydrogens is 308 g/mol.